The number of carbonyl (C=O) groups excluding carboxylic acids is 1. The average Bonchev–Trinajstić information content (AvgIpc) is 2.62. The van der Waals surface area contributed by atoms with Crippen LogP contribution < -0.4 is 0 Å². The van der Waals surface area contributed by atoms with E-state index >= 15 is 0 Å². The average molecular weight is 349 g/mol. The van der Waals surface area contributed by atoms with Crippen molar-refractivity contribution >= 4 is 5.91 Å². The van der Waals surface area contributed by atoms with E-state index in [1.54, 1.807) is 29.4 Å². The minimum absolute atomic E-state index is 0.0396. The Bertz CT molecular complexity index is 709. The molecule has 1 aromatic carbocycles. The fraction of sp³-hybridized carbons (Fsp3) is 0.333. The summed E-state index contributed by atoms with van der Waals surface area (Å²) in [4.78, 5) is 20.2. The van der Waals surface area contributed by atoms with Gasteiger partial charge in [0, 0.05) is 45.1 Å². The summed E-state index contributed by atoms with van der Waals surface area (Å²) in [5.41, 5.74) is 0.766. The van der Waals surface area contributed by atoms with Gasteiger partial charge in [-0.15, -0.1) is 0 Å². The Labute approximate surface area is 143 Å². The van der Waals surface area contributed by atoms with Gasteiger partial charge in [0.05, 0.1) is 11.1 Å². The molecule has 132 valence electrons. The topological polar surface area (TPSA) is 36.4 Å². The van der Waals surface area contributed by atoms with Crippen LogP contribution in [0.5, 0.6) is 0 Å². The zero-order valence-corrected chi connectivity index (χ0v) is 13.5. The summed E-state index contributed by atoms with van der Waals surface area (Å²) in [6, 6.07) is 8.71. The van der Waals surface area contributed by atoms with Crippen molar-refractivity contribution in [3.05, 3.63) is 65.5 Å². The Kier molecular flexibility index (Phi) is 5.03. The second-order valence-electron chi connectivity index (χ2n) is 6.00. The normalized spacial score (nSPS) is 16.0. The van der Waals surface area contributed by atoms with Crippen LogP contribution in [0.25, 0.3) is 0 Å². The molecule has 0 radical (unpaired) electrons. The number of rotatable bonds is 3. The van der Waals surface area contributed by atoms with Crippen molar-refractivity contribution in [2.75, 3.05) is 26.2 Å². The highest BCUT2D eigenvalue weighted by Crippen LogP contribution is 2.29. The molecule has 4 nitrogen and oxygen atoms in total. The maximum absolute atomic E-state index is 12.6. The molecule has 7 heteroatoms. The number of nitrogens with zero attached hydrogens (tertiary/aromatic N) is 3. The van der Waals surface area contributed by atoms with Crippen molar-refractivity contribution in [3.63, 3.8) is 0 Å². The van der Waals surface area contributed by atoms with Gasteiger partial charge in [-0.3, -0.25) is 14.7 Å². The summed E-state index contributed by atoms with van der Waals surface area (Å²) < 4.78 is 37.8. The van der Waals surface area contributed by atoms with Crippen LogP contribution in [0.3, 0.4) is 0 Å². The van der Waals surface area contributed by atoms with Gasteiger partial charge in [-0.05, 0) is 29.8 Å². The van der Waals surface area contributed by atoms with Gasteiger partial charge in [0.2, 0.25) is 0 Å². The minimum atomic E-state index is -4.31. The van der Waals surface area contributed by atoms with Crippen molar-refractivity contribution in [3.8, 4) is 0 Å². The van der Waals surface area contributed by atoms with Crippen molar-refractivity contribution in [1.29, 1.82) is 0 Å². The molecule has 2 aromatic rings. The molecule has 0 N–H and O–H groups in total. The Balaban J connectivity index is 1.53. The molecule has 1 amide bonds. The van der Waals surface area contributed by atoms with E-state index in [2.05, 4.69) is 9.88 Å². The molecule has 25 heavy (non-hydrogen) atoms. The van der Waals surface area contributed by atoms with Gasteiger partial charge >= 0.3 is 6.18 Å². The number of halogens is 3. The highest BCUT2D eigenvalue weighted by Gasteiger charge is 2.30. The van der Waals surface area contributed by atoms with Crippen molar-refractivity contribution in [2.45, 2.75) is 12.7 Å². The fourth-order valence-electron chi connectivity index (χ4n) is 2.84. The first kappa shape index (κ1) is 17.4. The molecule has 1 aliphatic rings. The molecule has 0 spiro atoms. The van der Waals surface area contributed by atoms with E-state index in [4.69, 9.17) is 0 Å². The van der Waals surface area contributed by atoms with Crippen LogP contribution in [0.1, 0.15) is 21.5 Å². The molecule has 0 unspecified atom stereocenters. The number of alkyl halides is 3. The van der Waals surface area contributed by atoms with Crippen LogP contribution in [-0.2, 0) is 12.7 Å². The second-order valence-corrected chi connectivity index (χ2v) is 6.00. The number of pyridine rings is 1. The SMILES string of the molecule is O=C(c1cccnc1)N1CCN(Cc2ccc(C(F)(F)F)cc2)CC1. The summed E-state index contributed by atoms with van der Waals surface area (Å²) >= 11 is 0. The molecular weight excluding hydrogens is 331 g/mol. The van der Waals surface area contributed by atoms with Gasteiger partial charge in [-0.25, -0.2) is 0 Å². The molecule has 1 aromatic heterocycles. The van der Waals surface area contributed by atoms with Crippen LogP contribution in [0, 0.1) is 0 Å². The predicted octanol–water partition coefficient (Wildman–Crippen LogP) is 3.06. The Hall–Kier alpha value is -2.41. The first-order chi connectivity index (χ1) is 11.9. The monoisotopic (exact) mass is 349 g/mol. The number of benzene rings is 1. The van der Waals surface area contributed by atoms with Crippen LogP contribution in [0.4, 0.5) is 13.2 Å². The number of aromatic nitrogens is 1. The molecular formula is C18H18F3N3O. The predicted molar refractivity (Wildman–Crippen MR) is 86.9 cm³/mol. The lowest BCUT2D eigenvalue weighted by atomic mass is 10.1. The highest BCUT2D eigenvalue weighted by atomic mass is 19.4. The van der Waals surface area contributed by atoms with Gasteiger partial charge in [0.25, 0.3) is 5.91 Å². The standard InChI is InChI=1S/C18H18F3N3O/c19-18(20,21)16-5-3-14(4-6-16)13-23-8-10-24(11-9-23)17(25)15-2-1-7-22-12-15/h1-7,12H,8-11,13H2. The van der Waals surface area contributed by atoms with E-state index in [0.29, 0.717) is 38.3 Å². The molecule has 0 aliphatic carbocycles. The maximum atomic E-state index is 12.6. The van der Waals surface area contributed by atoms with Gasteiger partial charge in [-0.2, -0.15) is 13.2 Å². The number of amides is 1. The van der Waals surface area contributed by atoms with Crippen LogP contribution >= 0.6 is 0 Å². The van der Waals surface area contributed by atoms with Crippen molar-refractivity contribution < 1.29 is 18.0 Å². The van der Waals surface area contributed by atoms with Gasteiger partial charge in [-0.1, -0.05) is 12.1 Å². The lowest BCUT2D eigenvalue weighted by Gasteiger charge is -2.34. The smallest absolute Gasteiger partial charge is 0.336 e. The summed E-state index contributed by atoms with van der Waals surface area (Å²) in [7, 11) is 0. The fourth-order valence-corrected chi connectivity index (χ4v) is 2.84. The third kappa shape index (κ3) is 4.36. The second kappa shape index (κ2) is 7.23. The largest absolute Gasteiger partial charge is 0.416 e. The quantitative estimate of drug-likeness (QED) is 0.855. The summed E-state index contributed by atoms with van der Waals surface area (Å²) in [6.07, 6.45) is -1.13. The van der Waals surface area contributed by atoms with E-state index in [1.165, 1.54) is 12.1 Å². The summed E-state index contributed by atoms with van der Waals surface area (Å²) in [5.74, 6) is -0.0396. The number of carbonyl (C=O) groups is 1. The lowest BCUT2D eigenvalue weighted by Crippen LogP contribution is -2.48. The number of piperazine rings is 1. The summed E-state index contributed by atoms with van der Waals surface area (Å²) in [6.45, 7) is 3.13. The molecule has 1 saturated heterocycles. The molecule has 0 bridgehead atoms. The Morgan fingerprint density at radius 2 is 1.72 bits per heavy atom. The van der Waals surface area contributed by atoms with E-state index < -0.39 is 11.7 Å². The van der Waals surface area contributed by atoms with Gasteiger partial charge in [0.15, 0.2) is 0 Å². The van der Waals surface area contributed by atoms with Gasteiger partial charge in [0.1, 0.15) is 0 Å². The zero-order chi connectivity index (χ0) is 17.9. The number of hydrogen-bond donors (Lipinski definition) is 0. The molecule has 0 saturated carbocycles. The van der Waals surface area contributed by atoms with Crippen molar-refractivity contribution in [1.82, 2.24) is 14.8 Å². The maximum Gasteiger partial charge on any atom is 0.416 e. The third-order valence-electron chi connectivity index (χ3n) is 4.26. The van der Waals surface area contributed by atoms with Crippen LogP contribution in [-0.4, -0.2) is 46.9 Å². The third-order valence-corrected chi connectivity index (χ3v) is 4.26. The van der Waals surface area contributed by atoms with E-state index in [-0.39, 0.29) is 5.91 Å². The lowest BCUT2D eigenvalue weighted by molar-refractivity contribution is -0.137. The molecule has 0 atom stereocenters. The van der Waals surface area contributed by atoms with E-state index in [1.807, 2.05) is 0 Å². The zero-order valence-electron chi connectivity index (χ0n) is 13.5. The Morgan fingerprint density at radius 3 is 2.28 bits per heavy atom. The van der Waals surface area contributed by atoms with Gasteiger partial charge < -0.3 is 4.90 Å². The molecule has 1 aliphatic heterocycles. The molecule has 1 fully saturated rings. The van der Waals surface area contributed by atoms with E-state index in [9.17, 15) is 18.0 Å². The Morgan fingerprint density at radius 1 is 1.04 bits per heavy atom. The summed E-state index contributed by atoms with van der Waals surface area (Å²) in [5, 5.41) is 0. The van der Waals surface area contributed by atoms with Crippen molar-refractivity contribution in [2.24, 2.45) is 0 Å². The minimum Gasteiger partial charge on any atom is -0.336 e. The van der Waals surface area contributed by atoms with Crippen LogP contribution in [0.2, 0.25) is 0 Å². The number of hydrogen-bond acceptors (Lipinski definition) is 3. The molecule has 3 rings (SSSR count). The molecule has 2 heterocycles. The van der Waals surface area contributed by atoms with E-state index in [0.717, 1.165) is 17.7 Å². The highest BCUT2D eigenvalue weighted by molar-refractivity contribution is 5.93. The first-order valence-corrected chi connectivity index (χ1v) is 8.01. The van der Waals surface area contributed by atoms with Crippen LogP contribution in [0.15, 0.2) is 48.8 Å². The first-order valence-electron chi connectivity index (χ1n) is 8.01.